The molecule has 1 saturated heterocycles. The van der Waals surface area contributed by atoms with Gasteiger partial charge in [0.1, 0.15) is 18.0 Å². The van der Waals surface area contributed by atoms with Gasteiger partial charge in [0.25, 0.3) is 0 Å². The highest BCUT2D eigenvalue weighted by atomic mass is 16.5. The molecular formula is C23H25N3O5. The Morgan fingerprint density at radius 2 is 2.19 bits per heavy atom. The second-order valence-electron chi connectivity index (χ2n) is 7.59. The van der Waals surface area contributed by atoms with E-state index >= 15 is 0 Å². The largest absolute Gasteiger partial charge is 0.491 e. The van der Waals surface area contributed by atoms with E-state index in [1.165, 1.54) is 11.6 Å². The normalized spacial score (nSPS) is 18.3. The van der Waals surface area contributed by atoms with Crippen LogP contribution >= 0.6 is 0 Å². The molecule has 2 aromatic rings. The van der Waals surface area contributed by atoms with E-state index in [9.17, 15) is 14.8 Å². The zero-order chi connectivity index (χ0) is 21.6. The summed E-state index contributed by atoms with van der Waals surface area (Å²) in [6.07, 6.45) is 5.46. The number of rotatable bonds is 8. The van der Waals surface area contributed by atoms with Crippen molar-refractivity contribution in [1.82, 2.24) is 9.88 Å². The predicted molar refractivity (Wildman–Crippen MR) is 115 cm³/mol. The van der Waals surface area contributed by atoms with Gasteiger partial charge in [-0.05, 0) is 54.3 Å². The Kier molecular flexibility index (Phi) is 6.69. The standard InChI is InChI=1S/C23H25N3O5/c27-12-19-20(25-29)7-2-8-22(19)31-15-17-14-30-11-10-26(17)23(16-4-1-5-16)18-6-3-9-24-21(18)13-28/h2-3,6-9,12,17,28H,1,4-5,10-11,13-15H2/t17-/m0/s1. The van der Waals surface area contributed by atoms with Crippen LogP contribution in [0, 0.1) is 4.91 Å². The first-order chi connectivity index (χ1) is 15.3. The molecule has 0 bridgehead atoms. The number of aldehydes is 1. The van der Waals surface area contributed by atoms with E-state index in [0.29, 0.717) is 37.5 Å². The van der Waals surface area contributed by atoms with Crippen LogP contribution < -0.4 is 4.74 Å². The summed E-state index contributed by atoms with van der Waals surface area (Å²) < 4.78 is 11.7. The fourth-order valence-corrected chi connectivity index (χ4v) is 4.05. The van der Waals surface area contributed by atoms with Gasteiger partial charge in [0.05, 0.1) is 37.1 Å². The van der Waals surface area contributed by atoms with Crippen molar-refractivity contribution in [3.8, 4) is 5.75 Å². The van der Waals surface area contributed by atoms with Crippen molar-refractivity contribution in [2.45, 2.75) is 31.9 Å². The van der Waals surface area contributed by atoms with Crippen LogP contribution in [0.2, 0.25) is 0 Å². The number of aromatic nitrogens is 1. The summed E-state index contributed by atoms with van der Waals surface area (Å²) in [5.41, 5.74) is 4.23. The van der Waals surface area contributed by atoms with E-state index in [1.54, 1.807) is 18.3 Å². The molecule has 0 unspecified atom stereocenters. The van der Waals surface area contributed by atoms with Crippen molar-refractivity contribution < 1.29 is 19.4 Å². The van der Waals surface area contributed by atoms with Gasteiger partial charge in [-0.2, -0.15) is 0 Å². The number of morpholine rings is 1. The van der Waals surface area contributed by atoms with Gasteiger partial charge in [-0.15, -0.1) is 4.91 Å². The monoisotopic (exact) mass is 423 g/mol. The molecule has 162 valence electrons. The molecule has 31 heavy (non-hydrogen) atoms. The molecule has 1 atom stereocenters. The first kappa shape index (κ1) is 21.1. The Morgan fingerprint density at radius 1 is 1.32 bits per heavy atom. The van der Waals surface area contributed by atoms with Crippen molar-refractivity contribution in [3.05, 3.63) is 63.8 Å². The molecule has 1 aliphatic carbocycles. The summed E-state index contributed by atoms with van der Waals surface area (Å²) >= 11 is 0. The number of carbonyl (C=O) groups excluding carboxylic acids is 1. The summed E-state index contributed by atoms with van der Waals surface area (Å²) in [5, 5.41) is 12.7. The number of nitroso groups, excluding NO2 is 1. The molecule has 1 N–H and O–H groups in total. The number of aliphatic hydroxyl groups is 1. The molecule has 0 spiro atoms. The SMILES string of the molecule is O=Cc1c(N=O)cccc1OC[C@@H]1COCCN1C(=C1CCC1)c1cccnc1CO. The summed E-state index contributed by atoms with van der Waals surface area (Å²) in [5.74, 6) is 0.327. The first-order valence-electron chi connectivity index (χ1n) is 10.4. The quantitative estimate of drug-likeness (QED) is 0.512. The van der Waals surface area contributed by atoms with Crippen LogP contribution in [0.1, 0.15) is 40.9 Å². The van der Waals surface area contributed by atoms with Gasteiger partial charge in [-0.1, -0.05) is 6.07 Å². The van der Waals surface area contributed by atoms with Gasteiger partial charge in [0, 0.05) is 24.0 Å². The molecule has 8 heteroatoms. The van der Waals surface area contributed by atoms with Crippen molar-refractivity contribution in [2.75, 3.05) is 26.4 Å². The minimum Gasteiger partial charge on any atom is -0.491 e. The summed E-state index contributed by atoms with van der Waals surface area (Å²) in [4.78, 5) is 29.1. The van der Waals surface area contributed by atoms with Crippen molar-refractivity contribution >= 4 is 17.7 Å². The molecule has 0 radical (unpaired) electrons. The fourth-order valence-electron chi connectivity index (χ4n) is 4.05. The van der Waals surface area contributed by atoms with Gasteiger partial charge >= 0.3 is 0 Å². The summed E-state index contributed by atoms with van der Waals surface area (Å²) in [7, 11) is 0. The van der Waals surface area contributed by atoms with E-state index in [4.69, 9.17) is 9.47 Å². The summed E-state index contributed by atoms with van der Waals surface area (Å²) in [6.45, 7) is 1.88. The highest BCUT2D eigenvalue weighted by Crippen LogP contribution is 2.38. The maximum absolute atomic E-state index is 11.5. The second-order valence-corrected chi connectivity index (χ2v) is 7.59. The highest BCUT2D eigenvalue weighted by molar-refractivity contribution is 5.86. The third-order valence-electron chi connectivity index (χ3n) is 5.79. The Morgan fingerprint density at radius 3 is 2.90 bits per heavy atom. The van der Waals surface area contributed by atoms with Crippen LogP contribution in [-0.2, 0) is 11.3 Å². The lowest BCUT2D eigenvalue weighted by atomic mass is 9.87. The average Bonchev–Trinajstić information content (AvgIpc) is 2.79. The maximum Gasteiger partial charge on any atom is 0.156 e. The van der Waals surface area contributed by atoms with E-state index in [1.807, 2.05) is 12.1 Å². The number of ether oxygens (including phenoxy) is 2. The van der Waals surface area contributed by atoms with Gasteiger partial charge in [-0.25, -0.2) is 0 Å². The van der Waals surface area contributed by atoms with Crippen LogP contribution in [0.4, 0.5) is 5.69 Å². The van der Waals surface area contributed by atoms with Crippen LogP contribution in [0.3, 0.4) is 0 Å². The zero-order valence-electron chi connectivity index (χ0n) is 17.2. The number of allylic oxidation sites excluding steroid dienone is 1. The average molecular weight is 423 g/mol. The lowest BCUT2D eigenvalue weighted by molar-refractivity contribution is 0.00365. The lowest BCUT2D eigenvalue weighted by Gasteiger charge is -2.41. The topological polar surface area (TPSA) is 101 Å². The smallest absolute Gasteiger partial charge is 0.156 e. The van der Waals surface area contributed by atoms with E-state index in [2.05, 4.69) is 15.1 Å². The third-order valence-corrected chi connectivity index (χ3v) is 5.79. The Hall–Kier alpha value is -3.10. The van der Waals surface area contributed by atoms with Crippen LogP contribution in [0.15, 0.2) is 47.3 Å². The molecule has 1 aromatic heterocycles. The van der Waals surface area contributed by atoms with Crippen LogP contribution in [0.25, 0.3) is 5.70 Å². The van der Waals surface area contributed by atoms with E-state index in [0.717, 1.165) is 30.5 Å². The Balaban J connectivity index is 1.63. The summed E-state index contributed by atoms with van der Waals surface area (Å²) in [6, 6.07) is 8.56. The number of nitrogens with zero attached hydrogens (tertiary/aromatic N) is 3. The van der Waals surface area contributed by atoms with Gasteiger partial charge in [0.2, 0.25) is 0 Å². The van der Waals surface area contributed by atoms with Gasteiger partial charge in [-0.3, -0.25) is 9.78 Å². The van der Waals surface area contributed by atoms with E-state index in [-0.39, 0.29) is 30.5 Å². The number of aliphatic hydroxyl groups excluding tert-OH is 1. The molecule has 1 saturated carbocycles. The highest BCUT2D eigenvalue weighted by Gasteiger charge is 2.31. The number of hydrogen-bond donors (Lipinski definition) is 1. The predicted octanol–water partition coefficient (Wildman–Crippen LogP) is 3.46. The molecule has 2 fully saturated rings. The molecule has 0 amide bonds. The molecule has 1 aromatic carbocycles. The molecular weight excluding hydrogens is 398 g/mol. The number of pyridine rings is 1. The fraction of sp³-hybridized carbons (Fsp3) is 0.391. The van der Waals surface area contributed by atoms with Gasteiger partial charge < -0.3 is 19.5 Å². The minimum atomic E-state index is -0.132. The Labute approximate surface area is 180 Å². The number of hydrogen-bond acceptors (Lipinski definition) is 8. The zero-order valence-corrected chi connectivity index (χ0v) is 17.2. The maximum atomic E-state index is 11.5. The van der Waals surface area contributed by atoms with Crippen molar-refractivity contribution in [2.24, 2.45) is 5.18 Å². The number of carbonyl (C=O) groups is 1. The molecule has 2 aliphatic rings. The molecule has 8 nitrogen and oxygen atoms in total. The lowest BCUT2D eigenvalue weighted by Crippen LogP contribution is -2.48. The minimum absolute atomic E-state index is 0.0597. The molecule has 2 heterocycles. The van der Waals surface area contributed by atoms with Gasteiger partial charge in [0.15, 0.2) is 6.29 Å². The third kappa shape index (κ3) is 4.35. The number of benzene rings is 1. The van der Waals surface area contributed by atoms with Crippen molar-refractivity contribution in [3.63, 3.8) is 0 Å². The second kappa shape index (κ2) is 9.80. The van der Waals surface area contributed by atoms with Crippen LogP contribution in [-0.4, -0.2) is 53.7 Å². The molecule has 4 rings (SSSR count). The van der Waals surface area contributed by atoms with Crippen LogP contribution in [0.5, 0.6) is 5.75 Å². The van der Waals surface area contributed by atoms with E-state index < -0.39 is 0 Å². The molecule has 1 aliphatic heterocycles. The first-order valence-corrected chi connectivity index (χ1v) is 10.4. The van der Waals surface area contributed by atoms with Crippen molar-refractivity contribution in [1.29, 1.82) is 0 Å². The Bertz CT molecular complexity index is 985.